The minimum atomic E-state index is -0.214. The molecule has 2 aromatic carbocycles. The van der Waals surface area contributed by atoms with Crippen molar-refractivity contribution in [2.45, 2.75) is 25.8 Å². The Morgan fingerprint density at radius 1 is 1.03 bits per heavy atom. The molecule has 0 bridgehead atoms. The highest BCUT2D eigenvalue weighted by Crippen LogP contribution is 2.24. The van der Waals surface area contributed by atoms with Crippen molar-refractivity contribution in [1.82, 2.24) is 9.88 Å². The zero-order valence-corrected chi connectivity index (χ0v) is 18.7. The van der Waals surface area contributed by atoms with Crippen molar-refractivity contribution in [2.75, 3.05) is 18.5 Å². The van der Waals surface area contributed by atoms with Crippen LogP contribution >= 0.6 is 0 Å². The topological polar surface area (TPSA) is 95.7 Å². The van der Waals surface area contributed by atoms with E-state index in [2.05, 4.69) is 10.3 Å². The van der Waals surface area contributed by atoms with Crippen LogP contribution in [-0.4, -0.2) is 40.0 Å². The molecule has 5 rings (SSSR count). The number of furan rings is 1. The number of nitrogens with zero attached hydrogens (tertiary/aromatic N) is 2. The molecule has 3 heterocycles. The van der Waals surface area contributed by atoms with Gasteiger partial charge in [-0.15, -0.1) is 0 Å². The number of amides is 2. The zero-order chi connectivity index (χ0) is 23.5. The standard InChI is InChI=1S/C27H25N3O4/c31-12-1-2-23-16-24(7-10-28-23)29-26(32)20-5-3-18-8-11-30(17-22(18)14-20)27(33)21-6-4-19-9-13-34-25(19)15-21/h3-7,9-10,13-16,31H,1-2,8,11-12,17H2,(H,28,29,32). The Bertz CT molecular complexity index is 1360. The van der Waals surface area contributed by atoms with Gasteiger partial charge in [-0.3, -0.25) is 14.6 Å². The van der Waals surface area contributed by atoms with Crippen molar-refractivity contribution in [3.63, 3.8) is 0 Å². The van der Waals surface area contributed by atoms with E-state index in [0.717, 1.165) is 28.6 Å². The van der Waals surface area contributed by atoms with Crippen LogP contribution in [0.3, 0.4) is 0 Å². The van der Waals surface area contributed by atoms with E-state index >= 15 is 0 Å². The SMILES string of the molecule is O=C(Nc1ccnc(CCCO)c1)c1ccc2c(c1)CN(C(=O)c1ccc3ccoc3c1)CC2. The lowest BCUT2D eigenvalue weighted by atomic mass is 9.96. The number of benzene rings is 2. The Morgan fingerprint density at radius 2 is 1.91 bits per heavy atom. The van der Waals surface area contributed by atoms with E-state index in [-0.39, 0.29) is 18.4 Å². The normalized spacial score (nSPS) is 13.0. The first-order valence-corrected chi connectivity index (χ1v) is 11.4. The minimum absolute atomic E-state index is 0.0500. The number of hydrogen-bond donors (Lipinski definition) is 2. The maximum absolute atomic E-state index is 13.1. The van der Waals surface area contributed by atoms with E-state index in [4.69, 9.17) is 9.52 Å². The van der Waals surface area contributed by atoms with Crippen molar-refractivity contribution in [1.29, 1.82) is 0 Å². The van der Waals surface area contributed by atoms with Crippen LogP contribution < -0.4 is 5.32 Å². The first-order valence-electron chi connectivity index (χ1n) is 11.4. The van der Waals surface area contributed by atoms with Gasteiger partial charge in [-0.1, -0.05) is 12.1 Å². The molecule has 4 aromatic rings. The maximum Gasteiger partial charge on any atom is 0.255 e. The lowest BCUT2D eigenvalue weighted by Crippen LogP contribution is -2.36. The van der Waals surface area contributed by atoms with Crippen LogP contribution in [0.15, 0.2) is 71.5 Å². The monoisotopic (exact) mass is 455 g/mol. The molecule has 1 aliphatic rings. The largest absolute Gasteiger partial charge is 0.464 e. The molecule has 0 atom stereocenters. The Morgan fingerprint density at radius 3 is 2.79 bits per heavy atom. The third-order valence-electron chi connectivity index (χ3n) is 6.14. The van der Waals surface area contributed by atoms with Gasteiger partial charge < -0.3 is 19.7 Å². The second-order valence-corrected chi connectivity index (χ2v) is 8.45. The average molecular weight is 456 g/mol. The number of fused-ring (bicyclic) bond motifs is 2. The van der Waals surface area contributed by atoms with Gasteiger partial charge in [-0.2, -0.15) is 0 Å². The molecular formula is C27H25N3O4. The first kappa shape index (κ1) is 21.9. The van der Waals surface area contributed by atoms with Gasteiger partial charge in [-0.25, -0.2) is 0 Å². The van der Waals surface area contributed by atoms with E-state index in [9.17, 15) is 9.59 Å². The molecule has 0 fully saturated rings. The lowest BCUT2D eigenvalue weighted by molar-refractivity contribution is 0.0734. The highest BCUT2D eigenvalue weighted by Gasteiger charge is 2.23. The van der Waals surface area contributed by atoms with Crippen molar-refractivity contribution in [3.05, 3.63) is 95.0 Å². The van der Waals surface area contributed by atoms with Crippen molar-refractivity contribution in [3.8, 4) is 0 Å². The Kier molecular flexibility index (Phi) is 6.10. The first-order chi connectivity index (χ1) is 16.6. The zero-order valence-electron chi connectivity index (χ0n) is 18.7. The number of aromatic nitrogens is 1. The number of hydrogen-bond acceptors (Lipinski definition) is 5. The van der Waals surface area contributed by atoms with E-state index in [1.165, 1.54) is 0 Å². The van der Waals surface area contributed by atoms with Gasteiger partial charge in [0.25, 0.3) is 11.8 Å². The van der Waals surface area contributed by atoms with Crippen LogP contribution in [0.5, 0.6) is 0 Å². The fourth-order valence-electron chi connectivity index (χ4n) is 4.30. The molecule has 2 aromatic heterocycles. The lowest BCUT2D eigenvalue weighted by Gasteiger charge is -2.29. The number of pyridine rings is 1. The summed E-state index contributed by atoms with van der Waals surface area (Å²) in [5, 5.41) is 12.9. The Balaban J connectivity index is 1.30. The number of aryl methyl sites for hydroxylation is 1. The van der Waals surface area contributed by atoms with Gasteiger partial charge in [0.05, 0.1) is 6.26 Å². The smallest absolute Gasteiger partial charge is 0.255 e. The highest BCUT2D eigenvalue weighted by atomic mass is 16.3. The summed E-state index contributed by atoms with van der Waals surface area (Å²) in [4.78, 5) is 32.1. The molecule has 172 valence electrons. The predicted molar refractivity (Wildman–Crippen MR) is 129 cm³/mol. The molecule has 7 nitrogen and oxygen atoms in total. The summed E-state index contributed by atoms with van der Waals surface area (Å²) in [7, 11) is 0. The molecule has 0 unspecified atom stereocenters. The van der Waals surface area contributed by atoms with Crippen LogP contribution in [0.4, 0.5) is 5.69 Å². The number of nitrogens with one attached hydrogen (secondary N) is 1. The fourth-order valence-corrected chi connectivity index (χ4v) is 4.30. The molecule has 34 heavy (non-hydrogen) atoms. The van der Waals surface area contributed by atoms with Crippen molar-refractivity contribution in [2.24, 2.45) is 0 Å². The molecule has 2 N–H and O–H groups in total. The summed E-state index contributed by atoms with van der Waals surface area (Å²) >= 11 is 0. The van der Waals surface area contributed by atoms with E-state index in [0.29, 0.717) is 48.3 Å². The Hall–Kier alpha value is -3.97. The third-order valence-corrected chi connectivity index (χ3v) is 6.14. The average Bonchev–Trinajstić information content (AvgIpc) is 3.34. The maximum atomic E-state index is 13.1. The summed E-state index contributed by atoms with van der Waals surface area (Å²) in [6.07, 6.45) is 5.28. The third kappa shape index (κ3) is 4.56. The molecule has 7 heteroatoms. The molecular weight excluding hydrogens is 430 g/mol. The second-order valence-electron chi connectivity index (χ2n) is 8.45. The van der Waals surface area contributed by atoms with Gasteiger partial charge in [0.15, 0.2) is 0 Å². The molecule has 0 spiro atoms. The highest BCUT2D eigenvalue weighted by molar-refractivity contribution is 6.04. The molecule has 0 aliphatic carbocycles. The second kappa shape index (κ2) is 9.49. The van der Waals surface area contributed by atoms with Crippen molar-refractivity contribution >= 4 is 28.5 Å². The van der Waals surface area contributed by atoms with Crippen LogP contribution in [0.25, 0.3) is 11.0 Å². The number of rotatable bonds is 6. The molecule has 0 radical (unpaired) electrons. The van der Waals surface area contributed by atoms with Crippen molar-refractivity contribution < 1.29 is 19.1 Å². The van der Waals surface area contributed by atoms with Gasteiger partial charge in [0.2, 0.25) is 0 Å². The van der Waals surface area contributed by atoms with Gasteiger partial charge >= 0.3 is 0 Å². The van der Waals surface area contributed by atoms with Gasteiger partial charge in [-0.05, 0) is 72.9 Å². The van der Waals surface area contributed by atoms with Gasteiger partial charge in [0, 0.05) is 53.8 Å². The van der Waals surface area contributed by atoms with Gasteiger partial charge in [0.1, 0.15) is 5.58 Å². The van der Waals surface area contributed by atoms with Crippen LogP contribution in [0.1, 0.15) is 44.0 Å². The molecule has 2 amide bonds. The van der Waals surface area contributed by atoms with Crippen LogP contribution in [0, 0.1) is 0 Å². The van der Waals surface area contributed by atoms with Crippen LogP contribution in [0.2, 0.25) is 0 Å². The number of carbonyl (C=O) groups is 2. The Labute approximate surface area is 197 Å². The minimum Gasteiger partial charge on any atom is -0.464 e. The summed E-state index contributed by atoms with van der Waals surface area (Å²) in [5.41, 5.74) is 5.43. The van der Waals surface area contributed by atoms with E-state index in [1.807, 2.05) is 47.4 Å². The molecule has 1 aliphatic heterocycles. The molecule has 0 saturated carbocycles. The van der Waals surface area contributed by atoms with Crippen LogP contribution in [-0.2, 0) is 19.4 Å². The molecule has 0 saturated heterocycles. The summed E-state index contributed by atoms with van der Waals surface area (Å²) in [5.74, 6) is -0.264. The summed E-state index contributed by atoms with van der Waals surface area (Å²) in [6, 6.07) is 16.6. The summed E-state index contributed by atoms with van der Waals surface area (Å²) in [6.45, 7) is 1.18. The number of aliphatic hydroxyl groups is 1. The number of carbonyl (C=O) groups excluding carboxylic acids is 2. The number of anilines is 1. The van der Waals surface area contributed by atoms with E-state index < -0.39 is 0 Å². The predicted octanol–water partition coefficient (Wildman–Crippen LogP) is 4.20. The number of aliphatic hydroxyl groups excluding tert-OH is 1. The summed E-state index contributed by atoms with van der Waals surface area (Å²) < 4.78 is 5.44. The fraction of sp³-hybridized carbons (Fsp3) is 0.222. The van der Waals surface area contributed by atoms with E-state index in [1.54, 1.807) is 24.6 Å². The quantitative estimate of drug-likeness (QED) is 0.454.